The van der Waals surface area contributed by atoms with E-state index in [0.29, 0.717) is 28.4 Å². The summed E-state index contributed by atoms with van der Waals surface area (Å²) in [6.07, 6.45) is 3.00. The van der Waals surface area contributed by atoms with Gasteiger partial charge in [0.05, 0.1) is 12.2 Å². The summed E-state index contributed by atoms with van der Waals surface area (Å²) in [5, 5.41) is 13.1. The number of amides is 2. The molecule has 2 aromatic carbocycles. The van der Waals surface area contributed by atoms with Crippen molar-refractivity contribution >= 4 is 22.8 Å². The van der Waals surface area contributed by atoms with Gasteiger partial charge in [0.1, 0.15) is 17.5 Å². The van der Waals surface area contributed by atoms with Crippen LogP contribution < -0.4 is 15.4 Å². The Kier molecular flexibility index (Phi) is 4.83. The highest BCUT2D eigenvalue weighted by Crippen LogP contribution is 2.27. The second-order valence-electron chi connectivity index (χ2n) is 6.17. The van der Waals surface area contributed by atoms with Gasteiger partial charge < -0.3 is 15.4 Å². The smallest absolute Gasteiger partial charge is 0.319 e. The van der Waals surface area contributed by atoms with Gasteiger partial charge in [-0.1, -0.05) is 36.4 Å². The van der Waals surface area contributed by atoms with Gasteiger partial charge in [0.2, 0.25) is 5.88 Å². The largest absolute Gasteiger partial charge is 0.438 e. The van der Waals surface area contributed by atoms with Gasteiger partial charge in [-0.25, -0.2) is 14.8 Å². The Morgan fingerprint density at radius 1 is 1.11 bits per heavy atom. The predicted molar refractivity (Wildman–Crippen MR) is 105 cm³/mol. The van der Waals surface area contributed by atoms with Crippen molar-refractivity contribution in [3.63, 3.8) is 0 Å². The van der Waals surface area contributed by atoms with Crippen LogP contribution in [0.2, 0.25) is 0 Å². The summed E-state index contributed by atoms with van der Waals surface area (Å²) in [6.45, 7) is 1.93. The number of urea groups is 1. The molecule has 0 radical (unpaired) electrons. The molecule has 1 atom stereocenters. The molecule has 0 saturated heterocycles. The summed E-state index contributed by atoms with van der Waals surface area (Å²) in [5.74, 6) is 0.924. The number of rotatable bonds is 5. The van der Waals surface area contributed by atoms with Gasteiger partial charge in [-0.3, -0.25) is 5.10 Å². The Morgan fingerprint density at radius 3 is 2.82 bits per heavy atom. The molecular formula is C20H18N6O2. The Hall–Kier alpha value is -3.94. The minimum absolute atomic E-state index is 0.115. The predicted octanol–water partition coefficient (Wildman–Crippen LogP) is 4.03. The van der Waals surface area contributed by atoms with Crippen molar-refractivity contribution < 1.29 is 9.53 Å². The lowest BCUT2D eigenvalue weighted by Gasteiger charge is -2.15. The molecule has 0 bridgehead atoms. The molecule has 4 aromatic rings. The Labute approximate surface area is 161 Å². The van der Waals surface area contributed by atoms with Gasteiger partial charge in [-0.15, -0.1) is 0 Å². The normalized spacial score (nSPS) is 11.8. The van der Waals surface area contributed by atoms with Gasteiger partial charge in [-0.2, -0.15) is 5.10 Å². The van der Waals surface area contributed by atoms with Crippen molar-refractivity contribution in [3.8, 4) is 11.6 Å². The van der Waals surface area contributed by atoms with E-state index in [1.807, 2.05) is 37.3 Å². The van der Waals surface area contributed by atoms with Crippen molar-refractivity contribution in [2.75, 3.05) is 5.32 Å². The molecule has 2 heterocycles. The quantitative estimate of drug-likeness (QED) is 0.489. The zero-order valence-corrected chi connectivity index (χ0v) is 15.1. The minimum atomic E-state index is -0.298. The fourth-order valence-electron chi connectivity index (χ4n) is 2.76. The molecule has 0 aliphatic carbocycles. The maximum Gasteiger partial charge on any atom is 0.319 e. The molecule has 140 valence electrons. The Morgan fingerprint density at radius 2 is 1.96 bits per heavy atom. The first kappa shape index (κ1) is 17.5. The number of ether oxygens (including phenoxy) is 1. The zero-order chi connectivity index (χ0) is 19.3. The molecule has 0 saturated carbocycles. The van der Waals surface area contributed by atoms with E-state index in [2.05, 4.69) is 30.8 Å². The summed E-state index contributed by atoms with van der Waals surface area (Å²) in [6, 6.07) is 16.4. The molecular weight excluding hydrogens is 356 g/mol. The van der Waals surface area contributed by atoms with Crippen LogP contribution in [0.4, 0.5) is 10.5 Å². The van der Waals surface area contributed by atoms with Crippen molar-refractivity contribution in [2.24, 2.45) is 0 Å². The third kappa shape index (κ3) is 3.90. The van der Waals surface area contributed by atoms with Crippen molar-refractivity contribution in [2.45, 2.75) is 13.0 Å². The molecule has 0 aliphatic rings. The lowest BCUT2D eigenvalue weighted by Crippen LogP contribution is -2.31. The van der Waals surface area contributed by atoms with Crippen LogP contribution in [-0.4, -0.2) is 26.2 Å². The van der Waals surface area contributed by atoms with Crippen molar-refractivity contribution in [1.29, 1.82) is 0 Å². The number of fused-ring (bicyclic) bond motifs is 1. The number of benzene rings is 2. The van der Waals surface area contributed by atoms with Crippen molar-refractivity contribution in [1.82, 2.24) is 25.5 Å². The average molecular weight is 374 g/mol. The minimum Gasteiger partial charge on any atom is -0.438 e. The molecule has 8 heteroatoms. The van der Waals surface area contributed by atoms with E-state index in [9.17, 15) is 4.79 Å². The second kappa shape index (κ2) is 7.75. The van der Waals surface area contributed by atoms with Gasteiger partial charge in [-0.05, 0) is 24.6 Å². The SMILES string of the molecule is CC(NC(=O)Nc1cccc(Oc2ncnc3[nH]ncc23)c1)c1ccccc1. The number of hydrogen-bond acceptors (Lipinski definition) is 5. The molecule has 1 unspecified atom stereocenters. The number of carbonyl (C=O) groups is 1. The first-order valence-corrected chi connectivity index (χ1v) is 8.73. The van der Waals surface area contributed by atoms with Crippen LogP contribution in [0.1, 0.15) is 18.5 Å². The molecule has 4 rings (SSSR count). The molecule has 28 heavy (non-hydrogen) atoms. The molecule has 2 aromatic heterocycles. The fraction of sp³-hybridized carbons (Fsp3) is 0.100. The number of hydrogen-bond donors (Lipinski definition) is 3. The van der Waals surface area contributed by atoms with Crippen LogP contribution in [0.15, 0.2) is 67.1 Å². The maximum atomic E-state index is 12.3. The number of aromatic amines is 1. The fourth-order valence-corrected chi connectivity index (χ4v) is 2.76. The van der Waals surface area contributed by atoms with E-state index in [0.717, 1.165) is 5.56 Å². The van der Waals surface area contributed by atoms with Gasteiger partial charge in [0, 0.05) is 11.8 Å². The second-order valence-corrected chi connectivity index (χ2v) is 6.17. The van der Waals surface area contributed by atoms with E-state index in [-0.39, 0.29) is 12.1 Å². The Bertz CT molecular complexity index is 1100. The molecule has 3 N–H and O–H groups in total. The van der Waals surface area contributed by atoms with Crippen LogP contribution in [0, 0.1) is 0 Å². The highest BCUT2D eigenvalue weighted by Gasteiger charge is 2.11. The number of aromatic nitrogens is 4. The third-order valence-corrected chi connectivity index (χ3v) is 4.17. The highest BCUT2D eigenvalue weighted by atomic mass is 16.5. The van der Waals surface area contributed by atoms with Crippen LogP contribution in [0.3, 0.4) is 0 Å². The first-order valence-electron chi connectivity index (χ1n) is 8.73. The van der Waals surface area contributed by atoms with E-state index in [1.165, 1.54) is 6.33 Å². The summed E-state index contributed by atoms with van der Waals surface area (Å²) < 4.78 is 5.84. The number of H-pyrrole nitrogens is 1. The lowest BCUT2D eigenvalue weighted by molar-refractivity contribution is 0.249. The summed E-state index contributed by atoms with van der Waals surface area (Å²) in [4.78, 5) is 20.5. The van der Waals surface area contributed by atoms with E-state index in [1.54, 1.807) is 30.5 Å². The van der Waals surface area contributed by atoms with E-state index in [4.69, 9.17) is 4.74 Å². The number of anilines is 1. The van der Waals surface area contributed by atoms with Crippen LogP contribution in [-0.2, 0) is 0 Å². The number of nitrogens with zero attached hydrogens (tertiary/aromatic N) is 3. The maximum absolute atomic E-state index is 12.3. The standard InChI is InChI=1S/C20H18N6O2/c1-13(14-6-3-2-4-7-14)24-20(27)25-15-8-5-9-16(10-15)28-19-17-11-23-26-18(17)21-12-22-19/h2-13H,1H3,(H2,24,25,27)(H,21,22,23,26). The van der Waals surface area contributed by atoms with Crippen molar-refractivity contribution in [3.05, 3.63) is 72.7 Å². The van der Waals surface area contributed by atoms with Gasteiger partial charge >= 0.3 is 6.03 Å². The first-order chi connectivity index (χ1) is 13.7. The Balaban J connectivity index is 1.44. The van der Waals surface area contributed by atoms with Crippen LogP contribution >= 0.6 is 0 Å². The average Bonchev–Trinajstić information content (AvgIpc) is 3.19. The van der Waals surface area contributed by atoms with Gasteiger partial charge in [0.15, 0.2) is 5.65 Å². The van der Waals surface area contributed by atoms with Gasteiger partial charge in [0.25, 0.3) is 0 Å². The molecule has 0 fully saturated rings. The molecule has 0 spiro atoms. The summed E-state index contributed by atoms with van der Waals surface area (Å²) in [5.41, 5.74) is 2.23. The van der Waals surface area contributed by atoms with Crippen LogP contribution in [0.25, 0.3) is 11.0 Å². The van der Waals surface area contributed by atoms with E-state index < -0.39 is 0 Å². The lowest BCUT2D eigenvalue weighted by atomic mass is 10.1. The molecule has 8 nitrogen and oxygen atoms in total. The van der Waals surface area contributed by atoms with E-state index >= 15 is 0 Å². The monoisotopic (exact) mass is 374 g/mol. The highest BCUT2D eigenvalue weighted by molar-refractivity contribution is 5.89. The topological polar surface area (TPSA) is 105 Å². The summed E-state index contributed by atoms with van der Waals surface area (Å²) in [7, 11) is 0. The zero-order valence-electron chi connectivity index (χ0n) is 15.1. The van der Waals surface area contributed by atoms with Crippen LogP contribution in [0.5, 0.6) is 11.6 Å². The molecule has 2 amide bonds. The number of carbonyl (C=O) groups excluding carboxylic acids is 1. The summed E-state index contributed by atoms with van der Waals surface area (Å²) >= 11 is 0. The number of nitrogens with one attached hydrogen (secondary N) is 3. The third-order valence-electron chi connectivity index (χ3n) is 4.17. The molecule has 0 aliphatic heterocycles.